The van der Waals surface area contributed by atoms with E-state index in [9.17, 15) is 4.79 Å². The Morgan fingerprint density at radius 1 is 1.40 bits per heavy atom. The number of aromatic nitrogens is 2. The van der Waals surface area contributed by atoms with Crippen molar-refractivity contribution in [2.45, 2.75) is 20.4 Å². The van der Waals surface area contributed by atoms with E-state index in [1.807, 2.05) is 17.8 Å². The van der Waals surface area contributed by atoms with Crippen LogP contribution >= 0.6 is 0 Å². The molecule has 20 heavy (non-hydrogen) atoms. The van der Waals surface area contributed by atoms with Gasteiger partial charge >= 0.3 is 5.97 Å². The molecule has 0 aliphatic rings. The number of rotatable bonds is 5. The maximum atomic E-state index is 11.8. The van der Waals surface area contributed by atoms with Gasteiger partial charge in [-0.3, -0.25) is 4.68 Å². The van der Waals surface area contributed by atoms with Crippen molar-refractivity contribution in [2.75, 3.05) is 17.7 Å². The van der Waals surface area contributed by atoms with E-state index >= 15 is 0 Å². The first kappa shape index (κ1) is 13.9. The minimum atomic E-state index is -0.419. The van der Waals surface area contributed by atoms with Gasteiger partial charge in [0.05, 0.1) is 24.1 Å². The molecular weight excluding hydrogens is 256 g/mol. The fraction of sp³-hybridized carbons (Fsp3) is 0.286. The van der Waals surface area contributed by atoms with Gasteiger partial charge in [-0.2, -0.15) is 5.10 Å². The fourth-order valence-corrected chi connectivity index (χ4v) is 1.79. The van der Waals surface area contributed by atoms with Gasteiger partial charge in [0.15, 0.2) is 0 Å². The van der Waals surface area contributed by atoms with Crippen LogP contribution in [0.5, 0.6) is 0 Å². The molecule has 1 heterocycles. The van der Waals surface area contributed by atoms with Gasteiger partial charge in [0, 0.05) is 24.1 Å². The third-order valence-corrected chi connectivity index (χ3v) is 2.79. The first-order valence-electron chi connectivity index (χ1n) is 6.50. The van der Waals surface area contributed by atoms with Crippen molar-refractivity contribution >= 4 is 23.0 Å². The highest BCUT2D eigenvalue weighted by Gasteiger charge is 2.11. The average Bonchev–Trinajstić information content (AvgIpc) is 2.89. The molecule has 0 aliphatic heterocycles. The Kier molecular flexibility index (Phi) is 4.24. The average molecular weight is 274 g/mol. The second-order valence-corrected chi connectivity index (χ2v) is 4.23. The van der Waals surface area contributed by atoms with E-state index in [0.29, 0.717) is 17.9 Å². The molecule has 2 rings (SSSR count). The van der Waals surface area contributed by atoms with E-state index in [2.05, 4.69) is 10.4 Å². The van der Waals surface area contributed by atoms with Crippen LogP contribution in [0.25, 0.3) is 0 Å². The van der Waals surface area contributed by atoms with Crippen LogP contribution < -0.4 is 11.1 Å². The molecule has 0 saturated carbocycles. The van der Waals surface area contributed by atoms with Crippen LogP contribution in [0.2, 0.25) is 0 Å². The summed E-state index contributed by atoms with van der Waals surface area (Å²) in [4.78, 5) is 11.8. The van der Waals surface area contributed by atoms with Gasteiger partial charge in [-0.1, -0.05) is 0 Å². The van der Waals surface area contributed by atoms with Crippen molar-refractivity contribution in [1.82, 2.24) is 9.78 Å². The minimum absolute atomic E-state index is 0.319. The van der Waals surface area contributed by atoms with Crippen molar-refractivity contribution in [2.24, 2.45) is 0 Å². The van der Waals surface area contributed by atoms with Crippen LogP contribution in [-0.4, -0.2) is 22.4 Å². The number of hydrogen-bond acceptors (Lipinski definition) is 5. The summed E-state index contributed by atoms with van der Waals surface area (Å²) in [6.07, 6.45) is 3.62. The maximum Gasteiger partial charge on any atom is 0.340 e. The first-order chi connectivity index (χ1) is 9.63. The van der Waals surface area contributed by atoms with Crippen LogP contribution in [0, 0.1) is 0 Å². The van der Waals surface area contributed by atoms with E-state index in [1.165, 1.54) is 0 Å². The number of nitrogens with one attached hydrogen (secondary N) is 1. The van der Waals surface area contributed by atoms with Gasteiger partial charge in [0.25, 0.3) is 0 Å². The fourth-order valence-electron chi connectivity index (χ4n) is 1.79. The lowest BCUT2D eigenvalue weighted by molar-refractivity contribution is 0.0527. The summed E-state index contributed by atoms with van der Waals surface area (Å²) in [6, 6.07) is 5.16. The normalized spacial score (nSPS) is 10.3. The SMILES string of the molecule is CCOC(=O)c1cc(Nc2cnn(CC)c2)ccc1N. The van der Waals surface area contributed by atoms with Crippen LogP contribution in [0.3, 0.4) is 0 Å². The molecule has 106 valence electrons. The van der Waals surface area contributed by atoms with Crippen LogP contribution in [0.4, 0.5) is 17.1 Å². The molecule has 2 aromatic rings. The van der Waals surface area contributed by atoms with E-state index in [-0.39, 0.29) is 0 Å². The Morgan fingerprint density at radius 2 is 2.20 bits per heavy atom. The van der Waals surface area contributed by atoms with E-state index in [1.54, 1.807) is 31.3 Å². The molecule has 0 amide bonds. The topological polar surface area (TPSA) is 82.2 Å². The number of ether oxygens (including phenoxy) is 1. The Balaban J connectivity index is 2.20. The van der Waals surface area contributed by atoms with Crippen LogP contribution in [0.1, 0.15) is 24.2 Å². The van der Waals surface area contributed by atoms with Crippen LogP contribution in [0.15, 0.2) is 30.6 Å². The highest BCUT2D eigenvalue weighted by Crippen LogP contribution is 2.22. The quantitative estimate of drug-likeness (QED) is 0.646. The van der Waals surface area contributed by atoms with Gasteiger partial charge < -0.3 is 15.8 Å². The monoisotopic (exact) mass is 274 g/mol. The number of benzene rings is 1. The van der Waals surface area contributed by atoms with Crippen molar-refractivity contribution in [3.8, 4) is 0 Å². The number of aryl methyl sites for hydroxylation is 1. The molecule has 0 aliphatic carbocycles. The lowest BCUT2D eigenvalue weighted by Crippen LogP contribution is -2.08. The number of carbonyl (C=O) groups excluding carboxylic acids is 1. The molecule has 0 unspecified atom stereocenters. The number of esters is 1. The third-order valence-electron chi connectivity index (χ3n) is 2.79. The molecule has 0 spiro atoms. The highest BCUT2D eigenvalue weighted by molar-refractivity contribution is 5.96. The molecule has 6 nitrogen and oxygen atoms in total. The van der Waals surface area contributed by atoms with E-state index < -0.39 is 5.97 Å². The maximum absolute atomic E-state index is 11.8. The summed E-state index contributed by atoms with van der Waals surface area (Å²) < 4.78 is 6.78. The Labute approximate surface area is 117 Å². The van der Waals surface area contributed by atoms with Crippen molar-refractivity contribution in [1.29, 1.82) is 0 Å². The number of carbonyl (C=O) groups is 1. The second kappa shape index (κ2) is 6.10. The summed E-state index contributed by atoms with van der Waals surface area (Å²) in [6.45, 7) is 4.89. The molecule has 0 atom stereocenters. The number of hydrogen-bond donors (Lipinski definition) is 2. The molecule has 6 heteroatoms. The summed E-state index contributed by atoms with van der Waals surface area (Å²) in [5.74, 6) is -0.419. The molecule has 0 bridgehead atoms. The van der Waals surface area contributed by atoms with Gasteiger partial charge in [0.2, 0.25) is 0 Å². The summed E-state index contributed by atoms with van der Waals surface area (Å²) in [7, 11) is 0. The lowest BCUT2D eigenvalue weighted by atomic mass is 10.1. The Morgan fingerprint density at radius 3 is 2.85 bits per heavy atom. The zero-order valence-electron chi connectivity index (χ0n) is 11.6. The smallest absolute Gasteiger partial charge is 0.340 e. The molecule has 0 saturated heterocycles. The largest absolute Gasteiger partial charge is 0.462 e. The zero-order valence-corrected chi connectivity index (χ0v) is 11.6. The molecule has 3 N–H and O–H groups in total. The number of nitrogens with zero attached hydrogens (tertiary/aromatic N) is 2. The lowest BCUT2D eigenvalue weighted by Gasteiger charge is -2.09. The minimum Gasteiger partial charge on any atom is -0.462 e. The van der Waals surface area contributed by atoms with Gasteiger partial charge in [0.1, 0.15) is 0 Å². The van der Waals surface area contributed by atoms with Gasteiger partial charge in [-0.15, -0.1) is 0 Å². The highest BCUT2D eigenvalue weighted by atomic mass is 16.5. The summed E-state index contributed by atoms with van der Waals surface area (Å²) in [5, 5.41) is 7.35. The van der Waals surface area contributed by atoms with Gasteiger partial charge in [-0.05, 0) is 32.0 Å². The van der Waals surface area contributed by atoms with Crippen molar-refractivity contribution in [3.05, 3.63) is 36.2 Å². The predicted octanol–water partition coefficient (Wildman–Crippen LogP) is 2.41. The first-order valence-corrected chi connectivity index (χ1v) is 6.50. The zero-order chi connectivity index (χ0) is 14.5. The Hall–Kier alpha value is -2.50. The standard InChI is InChI=1S/C14H18N4O2/c1-3-18-9-11(8-16-18)17-10-5-6-13(15)12(7-10)14(19)20-4-2/h5-9,17H,3-4,15H2,1-2H3. The predicted molar refractivity (Wildman–Crippen MR) is 78.0 cm³/mol. The van der Waals surface area contributed by atoms with E-state index in [4.69, 9.17) is 10.5 Å². The molecule has 0 radical (unpaired) electrons. The summed E-state index contributed by atoms with van der Waals surface area (Å²) >= 11 is 0. The number of nitrogen functional groups attached to an aromatic ring is 1. The molecular formula is C14H18N4O2. The molecule has 1 aromatic heterocycles. The van der Waals surface area contributed by atoms with Crippen molar-refractivity contribution in [3.63, 3.8) is 0 Å². The third kappa shape index (κ3) is 3.09. The summed E-state index contributed by atoms with van der Waals surface area (Å²) in [5.41, 5.74) is 8.17. The van der Waals surface area contributed by atoms with Crippen LogP contribution in [-0.2, 0) is 11.3 Å². The Bertz CT molecular complexity index is 607. The number of nitrogens with two attached hydrogens (primary N) is 1. The molecule has 0 fully saturated rings. The number of anilines is 3. The van der Waals surface area contributed by atoms with Crippen molar-refractivity contribution < 1.29 is 9.53 Å². The second-order valence-electron chi connectivity index (χ2n) is 4.23. The van der Waals surface area contributed by atoms with Gasteiger partial charge in [-0.25, -0.2) is 4.79 Å². The molecule has 1 aromatic carbocycles. The van der Waals surface area contributed by atoms with E-state index in [0.717, 1.165) is 17.9 Å².